The third kappa shape index (κ3) is 11.4. The van der Waals surface area contributed by atoms with E-state index in [0.29, 0.717) is 18.4 Å². The summed E-state index contributed by atoms with van der Waals surface area (Å²) in [6, 6.07) is 0. The first-order chi connectivity index (χ1) is 22.0. The van der Waals surface area contributed by atoms with Gasteiger partial charge in [0.15, 0.2) is 14.0 Å². The largest absolute Gasteiger partial charge is 0.457 e. The number of allylic oxidation sites excluding steroid dienone is 3. The number of rotatable bonds is 13. The number of methoxy groups -OCH3 is 1. The number of carbonyl (C=O) groups excluding carboxylic acids is 3. The minimum atomic E-state index is -2.61. The lowest BCUT2D eigenvalue weighted by Crippen LogP contribution is -2.43. The first kappa shape index (κ1) is 42.0. The van der Waals surface area contributed by atoms with Gasteiger partial charge in [-0.25, -0.2) is 4.39 Å². The minimum absolute atomic E-state index is 0.0618. The topological polar surface area (TPSA) is 132 Å². The van der Waals surface area contributed by atoms with Crippen LogP contribution in [0.3, 0.4) is 0 Å². The summed E-state index contributed by atoms with van der Waals surface area (Å²) in [6.07, 6.45) is 6.62. The van der Waals surface area contributed by atoms with Gasteiger partial charge in [-0.15, -0.1) is 0 Å². The zero-order chi connectivity index (χ0) is 36.8. The van der Waals surface area contributed by atoms with E-state index in [0.717, 1.165) is 6.42 Å². The van der Waals surface area contributed by atoms with Crippen LogP contribution in [0, 0.1) is 17.8 Å². The van der Waals surface area contributed by atoms with Crippen LogP contribution >= 0.6 is 0 Å². The number of epoxide rings is 1. The van der Waals surface area contributed by atoms with Gasteiger partial charge in [0.1, 0.15) is 23.9 Å². The zero-order valence-corrected chi connectivity index (χ0v) is 32.2. The van der Waals surface area contributed by atoms with Crippen molar-refractivity contribution in [2.24, 2.45) is 17.8 Å². The van der Waals surface area contributed by atoms with E-state index in [1.165, 1.54) is 26.0 Å². The van der Waals surface area contributed by atoms with Gasteiger partial charge in [0, 0.05) is 32.3 Å². The molecule has 2 aliphatic rings. The second-order valence-electron chi connectivity index (χ2n) is 15.6. The molecule has 2 rings (SSSR count). The number of ether oxygens (including phenoxy) is 4. The lowest BCUT2D eigenvalue weighted by molar-refractivity contribution is -0.156. The lowest BCUT2D eigenvalue weighted by atomic mass is 9.83. The Bertz CT molecular complexity index is 1210. The molecule has 2 aliphatic heterocycles. The van der Waals surface area contributed by atoms with Crippen LogP contribution in [0.4, 0.5) is 4.39 Å². The summed E-state index contributed by atoms with van der Waals surface area (Å²) in [4.78, 5) is 49.4. The molecule has 2 unspecified atom stereocenters. The number of halogens is 1. The van der Waals surface area contributed by atoms with E-state index in [2.05, 4.69) is 0 Å². The molecule has 48 heavy (non-hydrogen) atoms. The highest BCUT2D eigenvalue weighted by Crippen LogP contribution is 2.44. The van der Waals surface area contributed by atoms with Crippen LogP contribution in [0.5, 0.6) is 0 Å². The Morgan fingerprint density at radius 1 is 1.21 bits per heavy atom. The molecule has 0 aliphatic carbocycles. The molecule has 0 amide bonds. The van der Waals surface area contributed by atoms with Crippen molar-refractivity contribution in [3.63, 3.8) is 0 Å². The van der Waals surface area contributed by atoms with Crippen molar-refractivity contribution >= 4 is 26.0 Å². The fraction of sp³-hybridized carbons (Fsp3) is 0.757. The van der Waals surface area contributed by atoms with E-state index >= 15 is 4.39 Å². The Morgan fingerprint density at radius 2 is 1.83 bits per heavy atom. The Hall–Kier alpha value is -2.18. The average molecular weight is 697 g/mol. The highest BCUT2D eigenvalue weighted by molar-refractivity contribution is 6.72. The van der Waals surface area contributed by atoms with Gasteiger partial charge in [-0.05, 0) is 88.2 Å². The Morgan fingerprint density at radius 3 is 2.38 bits per heavy atom. The van der Waals surface area contributed by atoms with Crippen molar-refractivity contribution in [2.45, 2.75) is 154 Å². The zero-order valence-electron chi connectivity index (χ0n) is 31.2. The highest BCUT2D eigenvalue weighted by atomic mass is 28.4. The van der Waals surface area contributed by atoms with E-state index in [9.17, 15) is 24.3 Å². The molecule has 0 aromatic rings. The molecule has 11 heteroatoms. The van der Waals surface area contributed by atoms with Crippen LogP contribution in [-0.2, 0) is 33.3 Å². The smallest absolute Gasteiger partial charge is 0.306 e. The number of alkyl halides is 1. The van der Waals surface area contributed by atoms with Gasteiger partial charge in [0.25, 0.3) is 0 Å². The summed E-state index contributed by atoms with van der Waals surface area (Å²) >= 11 is 0. The summed E-state index contributed by atoms with van der Waals surface area (Å²) in [5.41, 5.74) is -3.09. The predicted molar refractivity (Wildman–Crippen MR) is 186 cm³/mol. The van der Waals surface area contributed by atoms with Crippen molar-refractivity contribution in [2.75, 3.05) is 7.11 Å². The maximum Gasteiger partial charge on any atom is 0.306 e. The van der Waals surface area contributed by atoms with Gasteiger partial charge in [-0.3, -0.25) is 14.4 Å². The molecule has 0 saturated carbocycles. The fourth-order valence-corrected chi connectivity index (χ4v) is 7.18. The van der Waals surface area contributed by atoms with Crippen LogP contribution in [-0.4, -0.2) is 84.8 Å². The molecule has 10 atom stereocenters. The number of ketones is 1. The number of esters is 2. The number of cyclic esters (lactones) is 1. The Balaban J connectivity index is 2.37. The summed E-state index contributed by atoms with van der Waals surface area (Å²) < 4.78 is 38.3. The molecule has 2 N–H and O–H groups in total. The summed E-state index contributed by atoms with van der Waals surface area (Å²) in [6.45, 7) is 19.3. The maximum absolute atomic E-state index is 15.6. The highest BCUT2D eigenvalue weighted by Gasteiger charge is 2.54. The van der Waals surface area contributed by atoms with E-state index < -0.39 is 72.7 Å². The molecular formula is C37H61FO9Si. The molecule has 9 nitrogen and oxygen atoms in total. The standard InChI is InChI=1S/C37H61FO9Si/c1-13-28(44-10)25(4)32-33(47-32)34(41)36(8,38)19-14-15-23(2)31-24(3)16-17-29(45-26(5)39)37(9,42)20-18-27(21-30(40)46-31)22-35(6,7)48(11,12)43/h14-17,19,24-25,27-29,31-33,42-43H,13,18,20-22H2,1-12H3/b17-16+,19-14+,23-15+/t24-,25+,27+,28-,29-,31?,32+,33-,36?,37+/m0/s1. The van der Waals surface area contributed by atoms with Gasteiger partial charge in [0.05, 0.1) is 12.2 Å². The number of Topliss-reactive ketones (excluding diaryl/α,β-unsaturated/α-hetero) is 1. The lowest BCUT2D eigenvalue weighted by Gasteiger charge is -2.39. The second-order valence-corrected chi connectivity index (χ2v) is 20.0. The SMILES string of the molecule is CC[C@H](OC)[C@@H](C)[C@H]1O[C@@H]1C(=O)C(C)(F)/C=C/C=C(\C)C1OC(=O)C[C@H](CC(C)(C)[Si](C)(C)O)CC[C@@](C)(O)[C@@H](OC(C)=O)/C=C/[C@@H]1C. The number of hydrogen-bond acceptors (Lipinski definition) is 9. The molecule has 0 aromatic heterocycles. The minimum Gasteiger partial charge on any atom is -0.457 e. The van der Waals surface area contributed by atoms with E-state index in [1.54, 1.807) is 39.2 Å². The average Bonchev–Trinajstić information content (AvgIpc) is 3.76. The number of carbonyl (C=O) groups is 3. The van der Waals surface area contributed by atoms with Crippen molar-refractivity contribution < 1.29 is 47.6 Å². The van der Waals surface area contributed by atoms with Crippen molar-refractivity contribution in [1.29, 1.82) is 0 Å². The van der Waals surface area contributed by atoms with Crippen LogP contribution in [0.25, 0.3) is 0 Å². The molecule has 0 aromatic carbocycles. The predicted octanol–water partition coefficient (Wildman–Crippen LogP) is 6.57. The normalized spacial score (nSPS) is 32.6. The molecule has 1 saturated heterocycles. The first-order valence-corrected chi connectivity index (χ1v) is 20.2. The fourth-order valence-electron chi connectivity index (χ4n) is 6.39. The first-order valence-electron chi connectivity index (χ1n) is 17.2. The van der Waals surface area contributed by atoms with E-state index in [1.807, 2.05) is 47.7 Å². The van der Waals surface area contributed by atoms with Gasteiger partial charge in [-0.2, -0.15) is 0 Å². The molecule has 2 heterocycles. The third-order valence-corrected chi connectivity index (χ3v) is 14.0. The van der Waals surface area contributed by atoms with Crippen LogP contribution in [0.2, 0.25) is 18.1 Å². The number of hydrogen-bond donors (Lipinski definition) is 2. The van der Waals surface area contributed by atoms with Gasteiger partial charge >= 0.3 is 11.9 Å². The quantitative estimate of drug-likeness (QED) is 0.0722. The van der Waals surface area contributed by atoms with Gasteiger partial charge in [0.2, 0.25) is 5.78 Å². The molecule has 0 bridgehead atoms. The van der Waals surface area contributed by atoms with Crippen LogP contribution in [0.1, 0.15) is 94.4 Å². The molecule has 0 spiro atoms. The van der Waals surface area contributed by atoms with Crippen LogP contribution in [0.15, 0.2) is 36.0 Å². The van der Waals surface area contributed by atoms with E-state index in [4.69, 9.17) is 18.9 Å². The second kappa shape index (κ2) is 16.7. The third-order valence-electron chi connectivity index (χ3n) is 10.5. The van der Waals surface area contributed by atoms with Crippen LogP contribution < -0.4 is 0 Å². The Labute approximate surface area is 288 Å². The summed E-state index contributed by atoms with van der Waals surface area (Å²) in [7, 11) is -1.01. The molecule has 274 valence electrons. The van der Waals surface area contributed by atoms with Crippen molar-refractivity contribution in [3.05, 3.63) is 36.0 Å². The van der Waals surface area contributed by atoms with Crippen molar-refractivity contribution in [1.82, 2.24) is 0 Å². The Kier molecular flexibility index (Phi) is 14.6. The van der Waals surface area contributed by atoms with E-state index in [-0.39, 0.29) is 30.8 Å². The molecule has 0 radical (unpaired) electrons. The number of aliphatic hydroxyl groups is 1. The summed E-state index contributed by atoms with van der Waals surface area (Å²) in [5.74, 6) is -2.32. The maximum atomic E-state index is 15.6. The monoisotopic (exact) mass is 696 g/mol. The van der Waals surface area contributed by atoms with Gasteiger partial charge in [-0.1, -0.05) is 52.8 Å². The van der Waals surface area contributed by atoms with Crippen molar-refractivity contribution in [3.8, 4) is 0 Å². The molecular weight excluding hydrogens is 635 g/mol. The summed E-state index contributed by atoms with van der Waals surface area (Å²) in [5, 5.41) is 11.0. The van der Waals surface area contributed by atoms with Gasteiger partial charge < -0.3 is 28.8 Å². The molecule has 1 fully saturated rings.